The Balaban J connectivity index is 2.39. The highest BCUT2D eigenvalue weighted by Crippen LogP contribution is 2.27. The van der Waals surface area contributed by atoms with Crippen molar-refractivity contribution in [1.82, 2.24) is 0 Å². The van der Waals surface area contributed by atoms with Gasteiger partial charge in [0.15, 0.2) is 0 Å². The van der Waals surface area contributed by atoms with E-state index in [1.54, 1.807) is 30.3 Å². The molecular formula is C16H15FO3. The van der Waals surface area contributed by atoms with Gasteiger partial charge < -0.3 is 9.84 Å². The van der Waals surface area contributed by atoms with Gasteiger partial charge in [0.25, 0.3) is 0 Å². The number of carboxylic acid groups (broad SMARTS) is 1. The van der Waals surface area contributed by atoms with Gasteiger partial charge >= 0.3 is 5.97 Å². The van der Waals surface area contributed by atoms with Crippen molar-refractivity contribution in [2.24, 2.45) is 0 Å². The molecule has 0 amide bonds. The SMILES string of the molecule is CCCOc1ccc(-c2ccc(F)cc2)cc1C(=O)O. The van der Waals surface area contributed by atoms with E-state index in [0.717, 1.165) is 12.0 Å². The van der Waals surface area contributed by atoms with Gasteiger partial charge in [-0.15, -0.1) is 0 Å². The van der Waals surface area contributed by atoms with Crippen molar-refractivity contribution in [3.8, 4) is 16.9 Å². The first-order chi connectivity index (χ1) is 9.61. The maximum Gasteiger partial charge on any atom is 0.339 e. The highest BCUT2D eigenvalue weighted by molar-refractivity contribution is 5.92. The number of carboxylic acids is 1. The van der Waals surface area contributed by atoms with Crippen molar-refractivity contribution in [2.75, 3.05) is 6.61 Å². The Morgan fingerprint density at radius 3 is 2.40 bits per heavy atom. The smallest absolute Gasteiger partial charge is 0.339 e. The van der Waals surface area contributed by atoms with E-state index in [9.17, 15) is 14.3 Å². The van der Waals surface area contributed by atoms with Crippen LogP contribution in [0, 0.1) is 5.82 Å². The van der Waals surface area contributed by atoms with Crippen LogP contribution in [0.4, 0.5) is 4.39 Å². The molecule has 0 radical (unpaired) electrons. The number of ether oxygens (including phenoxy) is 1. The number of benzene rings is 2. The van der Waals surface area contributed by atoms with Crippen LogP contribution in [0.25, 0.3) is 11.1 Å². The van der Waals surface area contributed by atoms with Crippen molar-refractivity contribution in [3.05, 3.63) is 53.8 Å². The van der Waals surface area contributed by atoms with E-state index in [4.69, 9.17) is 4.74 Å². The predicted molar refractivity (Wildman–Crippen MR) is 74.6 cm³/mol. The zero-order valence-corrected chi connectivity index (χ0v) is 11.1. The molecule has 0 unspecified atom stereocenters. The lowest BCUT2D eigenvalue weighted by Crippen LogP contribution is -2.04. The largest absolute Gasteiger partial charge is 0.493 e. The second-order valence-corrected chi connectivity index (χ2v) is 4.37. The molecule has 2 rings (SSSR count). The van der Waals surface area contributed by atoms with Gasteiger partial charge in [-0.25, -0.2) is 9.18 Å². The highest BCUT2D eigenvalue weighted by Gasteiger charge is 2.13. The van der Waals surface area contributed by atoms with Crippen LogP contribution in [-0.4, -0.2) is 17.7 Å². The summed E-state index contributed by atoms with van der Waals surface area (Å²) in [7, 11) is 0. The maximum atomic E-state index is 12.9. The minimum Gasteiger partial charge on any atom is -0.493 e. The molecule has 0 saturated carbocycles. The monoisotopic (exact) mass is 274 g/mol. The van der Waals surface area contributed by atoms with Crippen LogP contribution in [0.3, 0.4) is 0 Å². The van der Waals surface area contributed by atoms with E-state index >= 15 is 0 Å². The molecule has 104 valence electrons. The average molecular weight is 274 g/mol. The van der Waals surface area contributed by atoms with Crippen molar-refractivity contribution in [2.45, 2.75) is 13.3 Å². The van der Waals surface area contributed by atoms with Crippen molar-refractivity contribution in [1.29, 1.82) is 0 Å². The Morgan fingerprint density at radius 1 is 1.15 bits per heavy atom. The van der Waals surface area contributed by atoms with Gasteiger partial charge in [-0.3, -0.25) is 0 Å². The zero-order valence-electron chi connectivity index (χ0n) is 11.1. The van der Waals surface area contributed by atoms with Crippen LogP contribution < -0.4 is 4.74 Å². The molecule has 2 aromatic rings. The normalized spacial score (nSPS) is 10.3. The third-order valence-corrected chi connectivity index (χ3v) is 2.85. The molecule has 0 fully saturated rings. The summed E-state index contributed by atoms with van der Waals surface area (Å²) in [4.78, 5) is 11.3. The first-order valence-corrected chi connectivity index (χ1v) is 6.38. The molecule has 0 aliphatic carbocycles. The van der Waals surface area contributed by atoms with E-state index < -0.39 is 5.97 Å². The Kier molecular flexibility index (Phi) is 4.35. The second-order valence-electron chi connectivity index (χ2n) is 4.37. The van der Waals surface area contributed by atoms with E-state index in [1.165, 1.54) is 12.1 Å². The molecular weight excluding hydrogens is 259 g/mol. The molecule has 3 nitrogen and oxygen atoms in total. The summed E-state index contributed by atoms with van der Waals surface area (Å²) < 4.78 is 18.3. The Bertz CT molecular complexity index is 606. The standard InChI is InChI=1S/C16H15FO3/c1-2-9-20-15-8-5-12(10-14(15)16(18)19)11-3-6-13(17)7-4-11/h3-8,10H,2,9H2,1H3,(H,18,19). The second kappa shape index (κ2) is 6.19. The summed E-state index contributed by atoms with van der Waals surface area (Å²) >= 11 is 0. The molecule has 1 N–H and O–H groups in total. The summed E-state index contributed by atoms with van der Waals surface area (Å²) in [6, 6.07) is 10.9. The third-order valence-electron chi connectivity index (χ3n) is 2.85. The summed E-state index contributed by atoms with van der Waals surface area (Å²) in [5.74, 6) is -1.01. The van der Waals surface area contributed by atoms with Crippen LogP contribution in [0.2, 0.25) is 0 Å². The van der Waals surface area contributed by atoms with Gasteiger partial charge in [0.05, 0.1) is 6.61 Å². The average Bonchev–Trinajstić information content (AvgIpc) is 2.45. The van der Waals surface area contributed by atoms with Gasteiger partial charge in [-0.05, 0) is 41.8 Å². The lowest BCUT2D eigenvalue weighted by Gasteiger charge is -2.10. The van der Waals surface area contributed by atoms with Gasteiger partial charge in [0, 0.05) is 0 Å². The quantitative estimate of drug-likeness (QED) is 0.897. The molecule has 0 aliphatic rings. The van der Waals surface area contributed by atoms with Gasteiger partial charge in [-0.2, -0.15) is 0 Å². The minimum absolute atomic E-state index is 0.111. The molecule has 0 spiro atoms. The summed E-state index contributed by atoms with van der Waals surface area (Å²) in [6.45, 7) is 2.42. The molecule has 0 bridgehead atoms. The van der Waals surface area contributed by atoms with Gasteiger partial charge in [0.1, 0.15) is 17.1 Å². The number of hydrogen-bond acceptors (Lipinski definition) is 2. The number of carbonyl (C=O) groups is 1. The van der Waals surface area contributed by atoms with E-state index in [2.05, 4.69) is 0 Å². The van der Waals surface area contributed by atoms with Crippen LogP contribution in [0.15, 0.2) is 42.5 Å². The van der Waals surface area contributed by atoms with Crippen LogP contribution in [-0.2, 0) is 0 Å². The molecule has 0 atom stereocenters. The van der Waals surface area contributed by atoms with Crippen molar-refractivity contribution < 1.29 is 19.0 Å². The van der Waals surface area contributed by atoms with E-state index in [-0.39, 0.29) is 11.4 Å². The summed E-state index contributed by atoms with van der Waals surface area (Å²) in [5.41, 5.74) is 1.59. The van der Waals surface area contributed by atoms with Crippen LogP contribution in [0.1, 0.15) is 23.7 Å². The number of rotatable bonds is 5. The minimum atomic E-state index is -1.04. The first kappa shape index (κ1) is 14.1. The molecule has 20 heavy (non-hydrogen) atoms. The molecule has 0 aromatic heterocycles. The lowest BCUT2D eigenvalue weighted by molar-refractivity contribution is 0.0692. The number of hydrogen-bond donors (Lipinski definition) is 1. The van der Waals surface area contributed by atoms with E-state index in [1.807, 2.05) is 6.92 Å². The maximum absolute atomic E-state index is 12.9. The van der Waals surface area contributed by atoms with Gasteiger partial charge in [-0.1, -0.05) is 25.1 Å². The molecule has 2 aromatic carbocycles. The first-order valence-electron chi connectivity index (χ1n) is 6.38. The molecule has 0 saturated heterocycles. The molecule has 4 heteroatoms. The lowest BCUT2D eigenvalue weighted by atomic mass is 10.0. The number of aromatic carboxylic acids is 1. The Morgan fingerprint density at radius 2 is 1.80 bits per heavy atom. The fourth-order valence-corrected chi connectivity index (χ4v) is 1.86. The number of halogens is 1. The van der Waals surface area contributed by atoms with Crippen LogP contribution >= 0.6 is 0 Å². The van der Waals surface area contributed by atoms with Crippen molar-refractivity contribution in [3.63, 3.8) is 0 Å². The predicted octanol–water partition coefficient (Wildman–Crippen LogP) is 3.98. The summed E-state index contributed by atoms with van der Waals surface area (Å²) in [6.07, 6.45) is 0.804. The highest BCUT2D eigenvalue weighted by atomic mass is 19.1. The zero-order chi connectivity index (χ0) is 14.5. The van der Waals surface area contributed by atoms with Crippen molar-refractivity contribution >= 4 is 5.97 Å². The Labute approximate surface area is 116 Å². The van der Waals surface area contributed by atoms with Crippen LogP contribution in [0.5, 0.6) is 5.75 Å². The summed E-state index contributed by atoms with van der Waals surface area (Å²) in [5, 5.41) is 9.24. The Hall–Kier alpha value is -2.36. The van der Waals surface area contributed by atoms with E-state index in [0.29, 0.717) is 17.9 Å². The molecule has 0 heterocycles. The van der Waals surface area contributed by atoms with Gasteiger partial charge in [0.2, 0.25) is 0 Å². The fourth-order valence-electron chi connectivity index (χ4n) is 1.86. The fraction of sp³-hybridized carbons (Fsp3) is 0.188. The topological polar surface area (TPSA) is 46.5 Å². The third kappa shape index (κ3) is 3.15. The molecule has 0 aliphatic heterocycles.